The molecule has 2 aromatic heterocycles. The number of carbonyl (C=O) groups excluding carboxylic acids is 1. The molecule has 4 rings (SSSR count). The molecule has 1 aromatic carbocycles. The molecule has 0 saturated carbocycles. The molecule has 0 radical (unpaired) electrons. The smallest absolute Gasteiger partial charge is 0.361 e. The number of piperidine rings is 1. The lowest BCUT2D eigenvalue weighted by atomic mass is 10.0. The van der Waals surface area contributed by atoms with Crippen molar-refractivity contribution in [3.63, 3.8) is 0 Å². The summed E-state index contributed by atoms with van der Waals surface area (Å²) >= 11 is 0. The van der Waals surface area contributed by atoms with E-state index in [9.17, 15) is 4.79 Å². The number of tetrazole rings is 1. The maximum atomic E-state index is 12.4. The van der Waals surface area contributed by atoms with E-state index >= 15 is 0 Å². The van der Waals surface area contributed by atoms with E-state index in [4.69, 9.17) is 4.74 Å². The van der Waals surface area contributed by atoms with Gasteiger partial charge in [-0.05, 0) is 55.3 Å². The minimum atomic E-state index is -0.311. The van der Waals surface area contributed by atoms with Gasteiger partial charge >= 0.3 is 6.01 Å². The van der Waals surface area contributed by atoms with Gasteiger partial charge in [0.25, 0.3) is 5.91 Å². The van der Waals surface area contributed by atoms with Crippen LogP contribution in [0.1, 0.15) is 36.2 Å². The van der Waals surface area contributed by atoms with Gasteiger partial charge in [0.05, 0.1) is 6.20 Å². The SMILES string of the molecule is O=C(Nc1ccc(Oc2nn[nH]n2)cc1)c1cn(CCC2CCCCN2)nn1. The maximum absolute atomic E-state index is 12.4. The van der Waals surface area contributed by atoms with Crippen LogP contribution >= 0.6 is 0 Å². The number of aromatic nitrogens is 7. The Bertz CT molecular complexity index is 886. The lowest BCUT2D eigenvalue weighted by Gasteiger charge is -2.23. The van der Waals surface area contributed by atoms with Crippen molar-refractivity contribution < 1.29 is 9.53 Å². The fourth-order valence-electron chi connectivity index (χ4n) is 3.07. The Balaban J connectivity index is 1.29. The van der Waals surface area contributed by atoms with E-state index in [1.165, 1.54) is 19.3 Å². The van der Waals surface area contributed by atoms with Crippen molar-refractivity contribution >= 4 is 11.6 Å². The van der Waals surface area contributed by atoms with Gasteiger partial charge in [0, 0.05) is 18.3 Å². The molecule has 28 heavy (non-hydrogen) atoms. The Morgan fingerprint density at radius 1 is 1.25 bits per heavy atom. The number of amides is 1. The highest BCUT2D eigenvalue weighted by molar-refractivity contribution is 6.02. The fourth-order valence-corrected chi connectivity index (χ4v) is 3.07. The number of nitrogens with zero attached hydrogens (tertiary/aromatic N) is 6. The largest absolute Gasteiger partial charge is 0.422 e. The van der Waals surface area contributed by atoms with Gasteiger partial charge < -0.3 is 15.4 Å². The van der Waals surface area contributed by atoms with Crippen LogP contribution in [0.2, 0.25) is 0 Å². The van der Waals surface area contributed by atoms with Crippen molar-refractivity contribution in [2.24, 2.45) is 0 Å². The molecule has 0 bridgehead atoms. The average molecular weight is 383 g/mol. The van der Waals surface area contributed by atoms with E-state index in [0.29, 0.717) is 17.5 Å². The van der Waals surface area contributed by atoms with E-state index in [-0.39, 0.29) is 17.6 Å². The molecule has 1 unspecified atom stereocenters. The van der Waals surface area contributed by atoms with Gasteiger partial charge in [-0.3, -0.25) is 9.48 Å². The quantitative estimate of drug-likeness (QED) is 0.556. The maximum Gasteiger partial charge on any atom is 0.361 e. The number of hydrogen-bond acceptors (Lipinski definition) is 8. The number of aromatic amines is 1. The number of H-pyrrole nitrogens is 1. The highest BCUT2D eigenvalue weighted by Gasteiger charge is 2.15. The summed E-state index contributed by atoms with van der Waals surface area (Å²) in [7, 11) is 0. The van der Waals surface area contributed by atoms with Gasteiger partial charge in [0.2, 0.25) is 0 Å². The van der Waals surface area contributed by atoms with Gasteiger partial charge in [-0.2, -0.15) is 5.21 Å². The number of anilines is 1. The molecule has 3 heterocycles. The molecular formula is C17H21N9O2. The standard InChI is InChI=1S/C17H21N9O2/c27-16(15-11-26(25-20-15)10-8-12-3-1-2-9-18-12)19-13-4-6-14(7-5-13)28-17-21-23-24-22-17/h4-7,11-12,18H,1-3,8-10H2,(H,19,27)(H,21,22,23,24). The van der Waals surface area contributed by atoms with Crippen LogP contribution in [0.15, 0.2) is 30.5 Å². The van der Waals surface area contributed by atoms with Gasteiger partial charge in [-0.15, -0.1) is 5.10 Å². The second kappa shape index (κ2) is 8.57. The van der Waals surface area contributed by atoms with E-state index in [1.807, 2.05) is 0 Å². The van der Waals surface area contributed by atoms with Crippen LogP contribution in [0.3, 0.4) is 0 Å². The summed E-state index contributed by atoms with van der Waals surface area (Å²) in [6.45, 7) is 1.81. The van der Waals surface area contributed by atoms with E-state index in [0.717, 1.165) is 19.5 Å². The Kier molecular flexibility index (Phi) is 5.52. The first-order valence-electron chi connectivity index (χ1n) is 9.22. The summed E-state index contributed by atoms with van der Waals surface area (Å²) in [5.74, 6) is 0.218. The van der Waals surface area contributed by atoms with Crippen LogP contribution in [0.5, 0.6) is 11.8 Å². The number of benzene rings is 1. The van der Waals surface area contributed by atoms with Crippen molar-refractivity contribution in [1.82, 2.24) is 40.9 Å². The Labute approximate surface area is 160 Å². The molecule has 3 N–H and O–H groups in total. The zero-order valence-corrected chi connectivity index (χ0v) is 15.2. The monoisotopic (exact) mass is 383 g/mol. The van der Waals surface area contributed by atoms with E-state index < -0.39 is 0 Å². The molecule has 0 spiro atoms. The van der Waals surface area contributed by atoms with Gasteiger partial charge in [-0.25, -0.2) is 0 Å². The Morgan fingerprint density at radius 3 is 2.89 bits per heavy atom. The van der Waals surface area contributed by atoms with Crippen molar-refractivity contribution in [3.05, 3.63) is 36.2 Å². The minimum Gasteiger partial charge on any atom is -0.422 e. The highest BCUT2D eigenvalue weighted by Crippen LogP contribution is 2.19. The fraction of sp³-hybridized carbons (Fsp3) is 0.412. The lowest BCUT2D eigenvalue weighted by molar-refractivity contribution is 0.102. The van der Waals surface area contributed by atoms with Gasteiger partial charge in [0.1, 0.15) is 5.75 Å². The number of hydrogen-bond donors (Lipinski definition) is 3. The number of aryl methyl sites for hydroxylation is 1. The first-order chi connectivity index (χ1) is 13.8. The molecule has 146 valence electrons. The van der Waals surface area contributed by atoms with E-state index in [1.54, 1.807) is 35.1 Å². The lowest BCUT2D eigenvalue weighted by Crippen LogP contribution is -2.34. The van der Waals surface area contributed by atoms with Crippen molar-refractivity contribution in [2.45, 2.75) is 38.3 Å². The summed E-state index contributed by atoms with van der Waals surface area (Å²) in [5, 5.41) is 27.5. The van der Waals surface area contributed by atoms with Crippen molar-refractivity contribution in [1.29, 1.82) is 0 Å². The molecule has 1 saturated heterocycles. The number of nitrogens with one attached hydrogen (secondary N) is 3. The molecule has 3 aromatic rings. The molecule has 0 aliphatic carbocycles. The van der Waals surface area contributed by atoms with Crippen molar-refractivity contribution in [3.8, 4) is 11.8 Å². The number of ether oxygens (including phenoxy) is 1. The normalized spacial score (nSPS) is 16.6. The van der Waals surface area contributed by atoms with Crippen LogP contribution in [0.25, 0.3) is 0 Å². The molecule has 11 nitrogen and oxygen atoms in total. The molecule has 1 atom stereocenters. The first-order valence-corrected chi connectivity index (χ1v) is 9.22. The third-order valence-corrected chi connectivity index (χ3v) is 4.54. The predicted octanol–water partition coefficient (Wildman–Crippen LogP) is 1.37. The summed E-state index contributed by atoms with van der Waals surface area (Å²) in [5.41, 5.74) is 0.898. The van der Waals surface area contributed by atoms with Crippen LogP contribution < -0.4 is 15.4 Å². The summed E-state index contributed by atoms with van der Waals surface area (Å²) in [6, 6.07) is 7.46. The molecule has 1 amide bonds. The molecule has 1 fully saturated rings. The van der Waals surface area contributed by atoms with Gasteiger partial charge in [-0.1, -0.05) is 21.8 Å². The highest BCUT2D eigenvalue weighted by atomic mass is 16.5. The van der Waals surface area contributed by atoms with Crippen molar-refractivity contribution in [2.75, 3.05) is 11.9 Å². The minimum absolute atomic E-state index is 0.122. The zero-order chi connectivity index (χ0) is 19.2. The Morgan fingerprint density at radius 2 is 2.14 bits per heavy atom. The third-order valence-electron chi connectivity index (χ3n) is 4.54. The zero-order valence-electron chi connectivity index (χ0n) is 15.2. The Hall–Kier alpha value is -3.34. The first kappa shape index (κ1) is 18.0. The number of rotatable bonds is 7. The average Bonchev–Trinajstić information content (AvgIpc) is 3.41. The predicted molar refractivity (Wildman–Crippen MR) is 98.9 cm³/mol. The van der Waals surface area contributed by atoms with Crippen LogP contribution in [-0.2, 0) is 6.54 Å². The summed E-state index contributed by atoms with van der Waals surface area (Å²) in [6.07, 6.45) is 6.35. The molecule has 11 heteroatoms. The van der Waals surface area contributed by atoms with E-state index in [2.05, 4.69) is 41.6 Å². The topological polar surface area (TPSA) is 136 Å². The third kappa shape index (κ3) is 4.68. The van der Waals surface area contributed by atoms with Gasteiger partial charge in [0.15, 0.2) is 5.69 Å². The van der Waals surface area contributed by atoms with Crippen LogP contribution in [0.4, 0.5) is 5.69 Å². The molecule has 1 aliphatic rings. The summed E-state index contributed by atoms with van der Waals surface area (Å²) < 4.78 is 7.10. The second-order valence-corrected chi connectivity index (χ2v) is 6.58. The summed E-state index contributed by atoms with van der Waals surface area (Å²) in [4.78, 5) is 12.4. The van der Waals surface area contributed by atoms with Crippen LogP contribution in [-0.4, -0.2) is 54.1 Å². The molecule has 1 aliphatic heterocycles. The van der Waals surface area contributed by atoms with Crippen LogP contribution in [0, 0.1) is 0 Å². The molecular weight excluding hydrogens is 362 g/mol. The second-order valence-electron chi connectivity index (χ2n) is 6.58. The number of carbonyl (C=O) groups is 1.